The van der Waals surface area contributed by atoms with E-state index in [4.69, 9.17) is 4.42 Å². The van der Waals surface area contributed by atoms with Crippen LogP contribution in [0.1, 0.15) is 17.5 Å². The van der Waals surface area contributed by atoms with Crippen molar-refractivity contribution in [2.75, 3.05) is 5.32 Å². The molecule has 0 unspecified atom stereocenters. The molecule has 0 saturated carbocycles. The molecular formula is C14H13FN2O3. The van der Waals surface area contributed by atoms with Gasteiger partial charge < -0.3 is 15.1 Å². The number of halogens is 1. The lowest BCUT2D eigenvalue weighted by Gasteiger charge is -2.13. The molecule has 1 aromatic carbocycles. The standard InChI is InChI=1S/C14H13FN2O3/c1-9(16-14(19)12-3-2-8-20-12)13(18)17-11-6-4-10(15)5-7-11/h2-9H,1H3,(H,16,19)(H,17,18)/t9-/m0/s1. The van der Waals surface area contributed by atoms with Gasteiger partial charge in [0.05, 0.1) is 6.26 Å². The van der Waals surface area contributed by atoms with Crippen molar-refractivity contribution in [2.45, 2.75) is 13.0 Å². The third-order valence-corrected chi connectivity index (χ3v) is 2.60. The van der Waals surface area contributed by atoms with Gasteiger partial charge in [-0.25, -0.2) is 4.39 Å². The molecule has 0 radical (unpaired) electrons. The van der Waals surface area contributed by atoms with Gasteiger partial charge in [-0.15, -0.1) is 0 Å². The Bertz CT molecular complexity index is 593. The predicted molar refractivity (Wildman–Crippen MR) is 70.7 cm³/mol. The largest absolute Gasteiger partial charge is 0.459 e. The fourth-order valence-electron chi connectivity index (χ4n) is 1.52. The van der Waals surface area contributed by atoms with Crippen LogP contribution in [0.2, 0.25) is 0 Å². The number of rotatable bonds is 4. The molecule has 0 bridgehead atoms. The molecule has 2 rings (SSSR count). The average Bonchev–Trinajstić information content (AvgIpc) is 2.95. The Kier molecular flexibility index (Phi) is 4.14. The molecule has 0 aliphatic rings. The molecule has 1 heterocycles. The fraction of sp³-hybridized carbons (Fsp3) is 0.143. The zero-order chi connectivity index (χ0) is 14.5. The summed E-state index contributed by atoms with van der Waals surface area (Å²) < 4.78 is 17.7. The molecule has 0 spiro atoms. The number of hydrogen-bond acceptors (Lipinski definition) is 3. The Hall–Kier alpha value is -2.63. The highest BCUT2D eigenvalue weighted by molar-refractivity contribution is 5.99. The van der Waals surface area contributed by atoms with Crippen molar-refractivity contribution in [3.05, 3.63) is 54.2 Å². The van der Waals surface area contributed by atoms with Crippen molar-refractivity contribution in [1.29, 1.82) is 0 Å². The number of carbonyl (C=O) groups excluding carboxylic acids is 2. The monoisotopic (exact) mass is 276 g/mol. The first-order valence-electron chi connectivity index (χ1n) is 5.97. The van der Waals surface area contributed by atoms with Crippen molar-refractivity contribution >= 4 is 17.5 Å². The van der Waals surface area contributed by atoms with Crippen LogP contribution in [0, 0.1) is 5.82 Å². The van der Waals surface area contributed by atoms with Gasteiger partial charge in [0, 0.05) is 5.69 Å². The maximum absolute atomic E-state index is 12.7. The van der Waals surface area contributed by atoms with Gasteiger partial charge in [0.25, 0.3) is 5.91 Å². The van der Waals surface area contributed by atoms with E-state index < -0.39 is 17.9 Å². The van der Waals surface area contributed by atoms with Crippen LogP contribution in [0.4, 0.5) is 10.1 Å². The van der Waals surface area contributed by atoms with E-state index in [0.29, 0.717) is 5.69 Å². The van der Waals surface area contributed by atoms with Gasteiger partial charge in [0.2, 0.25) is 5.91 Å². The third kappa shape index (κ3) is 3.44. The van der Waals surface area contributed by atoms with Crippen LogP contribution in [0.5, 0.6) is 0 Å². The number of nitrogens with one attached hydrogen (secondary N) is 2. The summed E-state index contributed by atoms with van der Waals surface area (Å²) in [5.41, 5.74) is 0.454. The summed E-state index contributed by atoms with van der Waals surface area (Å²) in [5, 5.41) is 5.06. The first kappa shape index (κ1) is 13.8. The number of furan rings is 1. The Labute approximate surface area is 114 Å². The quantitative estimate of drug-likeness (QED) is 0.899. The first-order valence-corrected chi connectivity index (χ1v) is 5.97. The summed E-state index contributed by atoms with van der Waals surface area (Å²) in [6.45, 7) is 1.54. The van der Waals surface area contributed by atoms with Gasteiger partial charge >= 0.3 is 0 Å². The van der Waals surface area contributed by atoms with Gasteiger partial charge in [0.15, 0.2) is 5.76 Å². The van der Waals surface area contributed by atoms with Crippen LogP contribution in [0.25, 0.3) is 0 Å². The number of benzene rings is 1. The lowest BCUT2D eigenvalue weighted by atomic mass is 10.2. The maximum Gasteiger partial charge on any atom is 0.287 e. The van der Waals surface area contributed by atoms with E-state index >= 15 is 0 Å². The van der Waals surface area contributed by atoms with Crippen molar-refractivity contribution in [2.24, 2.45) is 0 Å². The highest BCUT2D eigenvalue weighted by Crippen LogP contribution is 2.08. The summed E-state index contributed by atoms with van der Waals surface area (Å²) in [5.74, 6) is -1.14. The predicted octanol–water partition coefficient (Wildman–Crippen LogP) is 2.18. The van der Waals surface area contributed by atoms with E-state index in [0.717, 1.165) is 0 Å². The molecule has 1 atom stereocenters. The average molecular weight is 276 g/mol. The van der Waals surface area contributed by atoms with Crippen LogP contribution >= 0.6 is 0 Å². The number of amides is 2. The maximum atomic E-state index is 12.7. The third-order valence-electron chi connectivity index (χ3n) is 2.60. The van der Waals surface area contributed by atoms with Crippen LogP contribution in [0.3, 0.4) is 0 Å². The van der Waals surface area contributed by atoms with E-state index in [1.165, 1.54) is 36.6 Å². The molecule has 0 saturated heterocycles. The Morgan fingerprint density at radius 1 is 1.20 bits per heavy atom. The summed E-state index contributed by atoms with van der Waals surface area (Å²) in [7, 11) is 0. The van der Waals surface area contributed by atoms with E-state index in [-0.39, 0.29) is 11.6 Å². The second-order valence-electron chi connectivity index (χ2n) is 4.17. The first-order chi connectivity index (χ1) is 9.56. The second kappa shape index (κ2) is 6.01. The lowest BCUT2D eigenvalue weighted by molar-refractivity contribution is -0.117. The van der Waals surface area contributed by atoms with Gasteiger partial charge in [0.1, 0.15) is 11.9 Å². The van der Waals surface area contributed by atoms with Crippen LogP contribution < -0.4 is 10.6 Å². The molecule has 0 aliphatic heterocycles. The van der Waals surface area contributed by atoms with Crippen molar-refractivity contribution in [3.63, 3.8) is 0 Å². The zero-order valence-corrected chi connectivity index (χ0v) is 10.7. The molecule has 0 fully saturated rings. The van der Waals surface area contributed by atoms with E-state index in [1.54, 1.807) is 13.0 Å². The molecule has 2 aromatic rings. The summed E-state index contributed by atoms with van der Waals surface area (Å²) in [6, 6.07) is 7.68. The van der Waals surface area contributed by atoms with Gasteiger partial charge in [-0.2, -0.15) is 0 Å². The number of anilines is 1. The summed E-state index contributed by atoms with van der Waals surface area (Å²) >= 11 is 0. The van der Waals surface area contributed by atoms with Crippen LogP contribution in [-0.4, -0.2) is 17.9 Å². The molecule has 0 aliphatic carbocycles. The van der Waals surface area contributed by atoms with Crippen molar-refractivity contribution in [3.8, 4) is 0 Å². The second-order valence-corrected chi connectivity index (χ2v) is 4.17. The molecule has 104 valence electrons. The minimum atomic E-state index is -0.752. The SMILES string of the molecule is C[C@H](NC(=O)c1ccco1)C(=O)Nc1ccc(F)cc1. The van der Waals surface area contributed by atoms with Gasteiger partial charge in [-0.1, -0.05) is 0 Å². The minimum Gasteiger partial charge on any atom is -0.459 e. The lowest BCUT2D eigenvalue weighted by Crippen LogP contribution is -2.41. The van der Waals surface area contributed by atoms with Crippen LogP contribution in [-0.2, 0) is 4.79 Å². The number of hydrogen-bond donors (Lipinski definition) is 2. The number of carbonyl (C=O) groups is 2. The van der Waals surface area contributed by atoms with Gasteiger partial charge in [-0.05, 0) is 43.3 Å². The van der Waals surface area contributed by atoms with E-state index in [2.05, 4.69) is 10.6 Å². The van der Waals surface area contributed by atoms with E-state index in [9.17, 15) is 14.0 Å². The van der Waals surface area contributed by atoms with Crippen molar-refractivity contribution < 1.29 is 18.4 Å². The summed E-state index contributed by atoms with van der Waals surface area (Å²) in [4.78, 5) is 23.5. The molecule has 1 aromatic heterocycles. The molecule has 2 N–H and O–H groups in total. The van der Waals surface area contributed by atoms with Gasteiger partial charge in [-0.3, -0.25) is 9.59 Å². The van der Waals surface area contributed by atoms with Crippen LogP contribution in [0.15, 0.2) is 47.1 Å². The highest BCUT2D eigenvalue weighted by Gasteiger charge is 2.18. The molecular weight excluding hydrogens is 263 g/mol. The minimum absolute atomic E-state index is 0.131. The Morgan fingerprint density at radius 3 is 2.50 bits per heavy atom. The molecule has 5 nitrogen and oxygen atoms in total. The highest BCUT2D eigenvalue weighted by atomic mass is 19.1. The fourth-order valence-corrected chi connectivity index (χ4v) is 1.52. The molecule has 20 heavy (non-hydrogen) atoms. The molecule has 2 amide bonds. The normalized spacial score (nSPS) is 11.7. The zero-order valence-electron chi connectivity index (χ0n) is 10.7. The molecule has 6 heteroatoms. The van der Waals surface area contributed by atoms with Crippen molar-refractivity contribution in [1.82, 2.24) is 5.32 Å². The Morgan fingerprint density at radius 2 is 1.90 bits per heavy atom. The smallest absolute Gasteiger partial charge is 0.287 e. The topological polar surface area (TPSA) is 71.3 Å². The summed E-state index contributed by atoms with van der Waals surface area (Å²) in [6.07, 6.45) is 1.37. The van der Waals surface area contributed by atoms with E-state index in [1.807, 2.05) is 0 Å². The Balaban J connectivity index is 1.92.